The smallest absolute Gasteiger partial charge is 0.240 e. The van der Waals surface area contributed by atoms with Crippen LogP contribution in [0.4, 0.5) is 0 Å². The van der Waals surface area contributed by atoms with Crippen LogP contribution in [0.3, 0.4) is 0 Å². The minimum absolute atomic E-state index is 0.495. The SMILES string of the molecule is C1=Cc2c(n(-c3ccc4c(c3)c3ccccc3n4-c3nc(-c4ccccn4)nc(-n4c5ccccc5c5cc(-n6c7ccccc7c7ccccc76)ccc54)n3)c3ccccc23)CC1. The van der Waals surface area contributed by atoms with Crippen LogP contribution in [0.2, 0.25) is 0 Å². The lowest BCUT2D eigenvalue weighted by Crippen LogP contribution is -2.10. The molecule has 0 N–H and O–H groups in total. The lowest BCUT2D eigenvalue weighted by atomic mass is 10.0. The second-order valence-corrected chi connectivity index (χ2v) is 16.6. The third-order valence-corrected chi connectivity index (χ3v) is 13.2. The van der Waals surface area contributed by atoms with Gasteiger partial charge in [0.1, 0.15) is 5.69 Å². The first-order valence-electron chi connectivity index (χ1n) is 21.8. The van der Waals surface area contributed by atoms with Crippen LogP contribution in [0, 0.1) is 0 Å². The molecule has 8 heteroatoms. The second kappa shape index (κ2) is 13.4. The first-order chi connectivity index (χ1) is 31.8. The molecule has 0 aliphatic heterocycles. The van der Waals surface area contributed by atoms with Gasteiger partial charge in [0.25, 0.3) is 0 Å². The molecule has 8 nitrogen and oxygen atoms in total. The third-order valence-electron chi connectivity index (χ3n) is 13.2. The number of hydrogen-bond donors (Lipinski definition) is 0. The highest BCUT2D eigenvalue weighted by Gasteiger charge is 2.24. The molecule has 1 aliphatic carbocycles. The Balaban J connectivity index is 1.01. The van der Waals surface area contributed by atoms with E-state index in [9.17, 15) is 0 Å². The van der Waals surface area contributed by atoms with E-state index in [1.165, 1.54) is 44.0 Å². The third kappa shape index (κ3) is 4.99. The Morgan fingerprint density at radius 3 is 1.38 bits per heavy atom. The van der Waals surface area contributed by atoms with Gasteiger partial charge in [0, 0.05) is 66.5 Å². The molecule has 6 heterocycles. The van der Waals surface area contributed by atoms with Crippen molar-refractivity contribution in [2.45, 2.75) is 12.8 Å². The Hall–Kier alpha value is -8.62. The van der Waals surface area contributed by atoms with Gasteiger partial charge in [-0.05, 0) is 91.7 Å². The molecular formula is C56H36N8. The van der Waals surface area contributed by atoms with E-state index in [-0.39, 0.29) is 0 Å². The van der Waals surface area contributed by atoms with Crippen molar-refractivity contribution in [2.75, 3.05) is 0 Å². The van der Waals surface area contributed by atoms with Crippen LogP contribution >= 0.6 is 0 Å². The lowest BCUT2D eigenvalue weighted by Gasteiger charge is -2.14. The van der Waals surface area contributed by atoms with Crippen LogP contribution in [0.15, 0.2) is 188 Å². The van der Waals surface area contributed by atoms with Crippen molar-refractivity contribution in [3.05, 3.63) is 199 Å². The van der Waals surface area contributed by atoms with Crippen molar-refractivity contribution in [1.29, 1.82) is 0 Å². The van der Waals surface area contributed by atoms with Crippen molar-refractivity contribution in [3.63, 3.8) is 0 Å². The van der Waals surface area contributed by atoms with Gasteiger partial charge in [0.2, 0.25) is 11.9 Å². The zero-order valence-corrected chi connectivity index (χ0v) is 34.5. The van der Waals surface area contributed by atoms with E-state index in [1.807, 2.05) is 18.2 Å². The molecule has 0 radical (unpaired) electrons. The van der Waals surface area contributed by atoms with Crippen molar-refractivity contribution < 1.29 is 0 Å². The highest BCUT2D eigenvalue weighted by Crippen LogP contribution is 2.40. The predicted octanol–water partition coefficient (Wildman–Crippen LogP) is 13.1. The number of hydrogen-bond acceptors (Lipinski definition) is 4. The molecule has 64 heavy (non-hydrogen) atoms. The maximum Gasteiger partial charge on any atom is 0.240 e. The molecule has 1 aliphatic rings. The van der Waals surface area contributed by atoms with Crippen LogP contribution in [0.5, 0.6) is 0 Å². The number of para-hydroxylation sites is 5. The monoisotopic (exact) mass is 820 g/mol. The van der Waals surface area contributed by atoms with Gasteiger partial charge in [-0.15, -0.1) is 0 Å². The average molecular weight is 821 g/mol. The van der Waals surface area contributed by atoms with Crippen LogP contribution in [-0.2, 0) is 6.42 Å². The summed E-state index contributed by atoms with van der Waals surface area (Å²) in [5.41, 5.74) is 13.2. The fourth-order valence-corrected chi connectivity index (χ4v) is 10.5. The Morgan fingerprint density at radius 2 is 0.828 bits per heavy atom. The van der Waals surface area contributed by atoms with Crippen molar-refractivity contribution in [1.82, 2.24) is 38.2 Å². The van der Waals surface area contributed by atoms with Crippen molar-refractivity contribution in [3.8, 4) is 34.8 Å². The van der Waals surface area contributed by atoms with Crippen LogP contribution in [0.1, 0.15) is 17.7 Å². The highest BCUT2D eigenvalue weighted by atomic mass is 15.3. The van der Waals surface area contributed by atoms with E-state index >= 15 is 0 Å². The Bertz CT molecular complexity index is 4030. The van der Waals surface area contributed by atoms with Crippen LogP contribution in [0.25, 0.3) is 117 Å². The summed E-state index contributed by atoms with van der Waals surface area (Å²) in [7, 11) is 0. The maximum atomic E-state index is 5.43. The summed E-state index contributed by atoms with van der Waals surface area (Å²) >= 11 is 0. The second-order valence-electron chi connectivity index (χ2n) is 16.6. The summed E-state index contributed by atoms with van der Waals surface area (Å²) in [6.45, 7) is 0. The van der Waals surface area contributed by atoms with Gasteiger partial charge >= 0.3 is 0 Å². The first kappa shape index (κ1) is 35.0. The first-order valence-corrected chi connectivity index (χ1v) is 21.8. The van der Waals surface area contributed by atoms with Crippen molar-refractivity contribution >= 4 is 82.4 Å². The molecule has 0 amide bonds. The van der Waals surface area contributed by atoms with E-state index in [0.29, 0.717) is 23.4 Å². The summed E-state index contributed by atoms with van der Waals surface area (Å²) in [6.07, 6.45) is 8.40. The van der Waals surface area contributed by atoms with Gasteiger partial charge in [0.05, 0.1) is 38.6 Å². The lowest BCUT2D eigenvalue weighted by molar-refractivity contribution is 0.886. The zero-order valence-electron chi connectivity index (χ0n) is 34.5. The molecule has 0 unspecified atom stereocenters. The predicted molar refractivity (Wildman–Crippen MR) is 260 cm³/mol. The highest BCUT2D eigenvalue weighted by molar-refractivity contribution is 6.13. The minimum Gasteiger partial charge on any atom is -0.313 e. The van der Waals surface area contributed by atoms with Gasteiger partial charge in [-0.25, -0.2) is 0 Å². The standard InChI is InChI=1S/C56H36N8/c1-7-22-46-37(15-1)38-16-2-8-23-47(38)61(46)35-28-30-52-43(33-35)41-19-5-11-26-50(41)63(52)55-58-54(45-21-13-14-32-57-45)59-56(60-55)64-51-27-12-6-20-42(51)44-34-36(29-31-53(44)64)62-48-24-9-3-17-39(48)40-18-4-10-25-49(40)62/h1-9,11-24,26-34H,10,25H2. The molecule has 0 bridgehead atoms. The Labute approximate surface area is 366 Å². The van der Waals surface area contributed by atoms with E-state index in [2.05, 4.69) is 188 Å². The Morgan fingerprint density at radius 1 is 0.375 bits per heavy atom. The van der Waals surface area contributed by atoms with Crippen LogP contribution < -0.4 is 0 Å². The largest absolute Gasteiger partial charge is 0.313 e. The van der Waals surface area contributed by atoms with Crippen LogP contribution in [-0.4, -0.2) is 38.2 Å². The molecule has 7 aromatic carbocycles. The molecule has 14 rings (SSSR count). The maximum absolute atomic E-state index is 5.43. The van der Waals surface area contributed by atoms with E-state index in [0.717, 1.165) is 67.8 Å². The van der Waals surface area contributed by atoms with Gasteiger partial charge in [-0.3, -0.25) is 14.1 Å². The zero-order chi connectivity index (χ0) is 41.9. The van der Waals surface area contributed by atoms with E-state index in [4.69, 9.17) is 19.9 Å². The number of fused-ring (bicyclic) bond motifs is 12. The fraction of sp³-hybridized carbons (Fsp3) is 0.0357. The molecule has 13 aromatic rings. The van der Waals surface area contributed by atoms with Crippen molar-refractivity contribution in [2.24, 2.45) is 0 Å². The van der Waals surface area contributed by atoms with E-state index in [1.54, 1.807) is 6.20 Å². The Kier molecular flexibility index (Phi) is 7.35. The van der Waals surface area contributed by atoms with Gasteiger partial charge in [-0.2, -0.15) is 15.0 Å². The number of nitrogens with zero attached hydrogens (tertiary/aromatic N) is 8. The minimum atomic E-state index is 0.495. The number of allylic oxidation sites excluding steroid dienone is 1. The number of pyridine rings is 1. The fourth-order valence-electron chi connectivity index (χ4n) is 10.5. The van der Waals surface area contributed by atoms with Gasteiger partial charge in [0.15, 0.2) is 5.82 Å². The molecule has 0 fully saturated rings. The summed E-state index contributed by atoms with van der Waals surface area (Å²) in [5, 5.41) is 8.22. The summed E-state index contributed by atoms with van der Waals surface area (Å²) in [4.78, 5) is 20.7. The number of rotatable bonds is 5. The molecule has 0 saturated heterocycles. The van der Waals surface area contributed by atoms with Gasteiger partial charge in [-0.1, -0.05) is 109 Å². The molecule has 300 valence electrons. The topological polar surface area (TPSA) is 71.3 Å². The molecule has 0 saturated carbocycles. The summed E-state index contributed by atoms with van der Waals surface area (Å²) in [6, 6.07) is 62.5. The molecular weight excluding hydrogens is 785 g/mol. The normalized spacial score (nSPS) is 12.8. The molecule has 0 atom stereocenters. The van der Waals surface area contributed by atoms with Gasteiger partial charge < -0.3 is 9.13 Å². The summed E-state index contributed by atoms with van der Waals surface area (Å²) < 4.78 is 9.19. The average Bonchev–Trinajstić information content (AvgIpc) is 4.09. The number of aromatic nitrogens is 8. The molecule has 6 aromatic heterocycles. The summed E-state index contributed by atoms with van der Waals surface area (Å²) in [5.74, 6) is 1.53. The van der Waals surface area contributed by atoms with E-state index < -0.39 is 0 Å². The quantitative estimate of drug-likeness (QED) is 0.173. The number of benzene rings is 7. The molecule has 0 spiro atoms.